The van der Waals surface area contributed by atoms with E-state index in [2.05, 4.69) is 10.1 Å². The Labute approximate surface area is 102 Å². The minimum Gasteiger partial charge on any atom is -0.479 e. The van der Waals surface area contributed by atoms with Crippen LogP contribution in [0.25, 0.3) is 5.69 Å². The first-order chi connectivity index (χ1) is 8.59. The molecule has 0 aliphatic carbocycles. The van der Waals surface area contributed by atoms with Gasteiger partial charge in [0.25, 0.3) is 0 Å². The summed E-state index contributed by atoms with van der Waals surface area (Å²) in [6, 6.07) is 6.32. The van der Waals surface area contributed by atoms with E-state index in [0.717, 1.165) is 0 Å². The minimum atomic E-state index is -1.85. The van der Waals surface area contributed by atoms with E-state index in [1.165, 1.54) is 29.5 Å². The Bertz CT molecular complexity index is 524. The minimum absolute atomic E-state index is 0.314. The fraction of sp³-hybridized carbons (Fsp3) is 0.182. The van der Waals surface area contributed by atoms with Crippen molar-refractivity contribution < 1.29 is 20.1 Å². The zero-order valence-corrected chi connectivity index (χ0v) is 9.21. The summed E-state index contributed by atoms with van der Waals surface area (Å²) < 4.78 is 1.52. The molecule has 0 radical (unpaired) electrons. The first kappa shape index (κ1) is 12.2. The van der Waals surface area contributed by atoms with Crippen LogP contribution >= 0.6 is 0 Å². The lowest BCUT2D eigenvalue weighted by Gasteiger charge is -2.14. The molecular weight excluding hydrogens is 238 g/mol. The van der Waals surface area contributed by atoms with Crippen molar-refractivity contribution in [2.24, 2.45) is 0 Å². The van der Waals surface area contributed by atoms with Crippen molar-refractivity contribution in [3.63, 3.8) is 0 Å². The zero-order valence-electron chi connectivity index (χ0n) is 9.21. The van der Waals surface area contributed by atoms with E-state index in [9.17, 15) is 15.0 Å². The molecule has 0 aliphatic heterocycles. The second-order valence-electron chi connectivity index (χ2n) is 3.66. The number of carboxylic acid groups (broad SMARTS) is 1. The van der Waals surface area contributed by atoms with Crippen LogP contribution in [0.2, 0.25) is 0 Å². The van der Waals surface area contributed by atoms with Gasteiger partial charge in [-0.15, -0.1) is 0 Å². The van der Waals surface area contributed by atoms with E-state index in [1.54, 1.807) is 12.1 Å². The van der Waals surface area contributed by atoms with Crippen LogP contribution in [0.15, 0.2) is 36.9 Å². The van der Waals surface area contributed by atoms with E-state index in [-0.39, 0.29) is 0 Å². The van der Waals surface area contributed by atoms with Gasteiger partial charge in [0.15, 0.2) is 6.10 Å². The Morgan fingerprint density at radius 1 is 1.22 bits per heavy atom. The van der Waals surface area contributed by atoms with Gasteiger partial charge >= 0.3 is 5.97 Å². The van der Waals surface area contributed by atoms with Crippen molar-refractivity contribution in [3.8, 4) is 5.69 Å². The predicted molar refractivity (Wildman–Crippen MR) is 60.0 cm³/mol. The zero-order chi connectivity index (χ0) is 13.1. The number of aliphatic hydroxyl groups excluding tert-OH is 2. The fourth-order valence-electron chi connectivity index (χ4n) is 1.48. The van der Waals surface area contributed by atoms with Crippen LogP contribution in [0.5, 0.6) is 0 Å². The molecule has 0 saturated heterocycles. The van der Waals surface area contributed by atoms with E-state index in [4.69, 9.17) is 5.11 Å². The van der Waals surface area contributed by atoms with Gasteiger partial charge in [0.2, 0.25) is 0 Å². The number of carboxylic acids is 1. The van der Waals surface area contributed by atoms with Crippen molar-refractivity contribution in [3.05, 3.63) is 42.5 Å². The van der Waals surface area contributed by atoms with Crippen molar-refractivity contribution >= 4 is 5.97 Å². The Kier molecular flexibility index (Phi) is 3.35. The molecule has 1 heterocycles. The molecule has 94 valence electrons. The summed E-state index contributed by atoms with van der Waals surface area (Å²) in [5.74, 6) is -1.47. The number of rotatable bonds is 4. The second-order valence-corrected chi connectivity index (χ2v) is 3.66. The SMILES string of the molecule is O=C(O)C(O)C(O)c1ccc(-n2cncn2)cc1. The molecule has 2 rings (SSSR count). The third-order valence-electron chi connectivity index (χ3n) is 2.47. The summed E-state index contributed by atoms with van der Waals surface area (Å²) in [5.41, 5.74) is 1.03. The van der Waals surface area contributed by atoms with Crippen LogP contribution in [-0.4, -0.2) is 42.2 Å². The normalized spacial score (nSPS) is 14.1. The van der Waals surface area contributed by atoms with Gasteiger partial charge in [0.1, 0.15) is 18.8 Å². The van der Waals surface area contributed by atoms with Gasteiger partial charge in [-0.05, 0) is 17.7 Å². The van der Waals surface area contributed by atoms with Gasteiger partial charge in [-0.25, -0.2) is 14.5 Å². The molecule has 0 fully saturated rings. The average Bonchev–Trinajstić information content (AvgIpc) is 2.91. The van der Waals surface area contributed by atoms with Crippen LogP contribution in [0.3, 0.4) is 0 Å². The van der Waals surface area contributed by atoms with Crippen LogP contribution in [0.1, 0.15) is 11.7 Å². The van der Waals surface area contributed by atoms with E-state index in [1.807, 2.05) is 0 Å². The third-order valence-corrected chi connectivity index (χ3v) is 2.47. The summed E-state index contributed by atoms with van der Waals surface area (Å²) in [5, 5.41) is 31.3. The second kappa shape index (κ2) is 4.94. The number of aliphatic hydroxyl groups is 2. The summed E-state index contributed by atoms with van der Waals surface area (Å²) >= 11 is 0. The van der Waals surface area contributed by atoms with Gasteiger partial charge < -0.3 is 15.3 Å². The molecule has 2 unspecified atom stereocenters. The number of hydrogen-bond donors (Lipinski definition) is 3. The van der Waals surface area contributed by atoms with E-state index < -0.39 is 18.2 Å². The molecule has 0 spiro atoms. The number of nitrogens with zero attached hydrogens (tertiary/aromatic N) is 3. The Morgan fingerprint density at radius 3 is 2.39 bits per heavy atom. The van der Waals surface area contributed by atoms with Crippen molar-refractivity contribution in [1.82, 2.24) is 14.8 Å². The maximum Gasteiger partial charge on any atom is 0.335 e. The summed E-state index contributed by atoms with van der Waals surface area (Å²) in [6.45, 7) is 0. The standard InChI is InChI=1S/C11H11N3O4/c15-9(10(16)11(17)18)7-1-3-8(4-2-7)14-6-12-5-13-14/h1-6,9-10,15-16H,(H,17,18). The van der Waals surface area contributed by atoms with Crippen LogP contribution in [-0.2, 0) is 4.79 Å². The summed E-state index contributed by atoms with van der Waals surface area (Å²) in [4.78, 5) is 14.3. The lowest BCUT2D eigenvalue weighted by molar-refractivity contribution is -0.153. The van der Waals surface area contributed by atoms with Crippen LogP contribution in [0.4, 0.5) is 0 Å². The van der Waals surface area contributed by atoms with Gasteiger partial charge in [0.05, 0.1) is 5.69 Å². The average molecular weight is 249 g/mol. The van der Waals surface area contributed by atoms with Crippen molar-refractivity contribution in [2.75, 3.05) is 0 Å². The molecule has 7 heteroatoms. The third kappa shape index (κ3) is 2.36. The first-order valence-electron chi connectivity index (χ1n) is 5.13. The molecule has 2 aromatic rings. The molecule has 18 heavy (non-hydrogen) atoms. The highest BCUT2D eigenvalue weighted by molar-refractivity contribution is 5.73. The van der Waals surface area contributed by atoms with Crippen LogP contribution < -0.4 is 0 Å². The largest absolute Gasteiger partial charge is 0.479 e. The van der Waals surface area contributed by atoms with Crippen molar-refractivity contribution in [2.45, 2.75) is 12.2 Å². The van der Waals surface area contributed by atoms with Crippen LogP contribution in [0, 0.1) is 0 Å². The van der Waals surface area contributed by atoms with Gasteiger partial charge in [-0.1, -0.05) is 12.1 Å². The Hall–Kier alpha value is -2.25. The molecule has 1 aromatic heterocycles. The molecule has 1 aromatic carbocycles. The summed E-state index contributed by atoms with van der Waals surface area (Å²) in [6.07, 6.45) is -0.413. The highest BCUT2D eigenvalue weighted by Gasteiger charge is 2.24. The molecule has 2 atom stereocenters. The number of aromatic nitrogens is 3. The molecule has 3 N–H and O–H groups in total. The molecule has 0 bridgehead atoms. The van der Waals surface area contributed by atoms with Gasteiger partial charge in [-0.2, -0.15) is 5.10 Å². The topological polar surface area (TPSA) is 108 Å². The summed E-state index contributed by atoms with van der Waals surface area (Å²) in [7, 11) is 0. The predicted octanol–water partition coefficient (Wildman–Crippen LogP) is -0.254. The lowest BCUT2D eigenvalue weighted by atomic mass is 10.0. The van der Waals surface area contributed by atoms with E-state index >= 15 is 0 Å². The molecule has 7 nitrogen and oxygen atoms in total. The highest BCUT2D eigenvalue weighted by Crippen LogP contribution is 2.18. The number of carbonyl (C=O) groups is 1. The fourth-order valence-corrected chi connectivity index (χ4v) is 1.48. The smallest absolute Gasteiger partial charge is 0.335 e. The van der Waals surface area contributed by atoms with Gasteiger partial charge in [-0.3, -0.25) is 0 Å². The maximum atomic E-state index is 10.5. The quantitative estimate of drug-likeness (QED) is 0.689. The molecular formula is C11H11N3O4. The highest BCUT2D eigenvalue weighted by atomic mass is 16.4. The molecule has 0 amide bonds. The Balaban J connectivity index is 2.20. The number of hydrogen-bond acceptors (Lipinski definition) is 5. The Morgan fingerprint density at radius 2 is 1.89 bits per heavy atom. The molecule has 0 saturated carbocycles. The van der Waals surface area contributed by atoms with Gasteiger partial charge in [0, 0.05) is 0 Å². The van der Waals surface area contributed by atoms with E-state index in [0.29, 0.717) is 11.3 Å². The number of aliphatic carboxylic acids is 1. The molecule has 0 aliphatic rings. The number of benzene rings is 1. The lowest BCUT2D eigenvalue weighted by Crippen LogP contribution is -2.27. The van der Waals surface area contributed by atoms with Crippen molar-refractivity contribution in [1.29, 1.82) is 0 Å². The first-order valence-corrected chi connectivity index (χ1v) is 5.13. The monoisotopic (exact) mass is 249 g/mol. The maximum absolute atomic E-state index is 10.5.